The van der Waals surface area contributed by atoms with Gasteiger partial charge in [0.1, 0.15) is 0 Å². The highest BCUT2D eigenvalue weighted by molar-refractivity contribution is 8.01. The van der Waals surface area contributed by atoms with Gasteiger partial charge in [0.15, 0.2) is 0 Å². The first kappa shape index (κ1) is 5.92. The molecule has 0 saturated heterocycles. The molecule has 0 aromatic rings. The Morgan fingerprint density at radius 1 is 1.60 bits per heavy atom. The van der Waals surface area contributed by atoms with Crippen molar-refractivity contribution >= 4 is 34.8 Å². The summed E-state index contributed by atoms with van der Waals surface area (Å²) in [6.45, 7) is 2.19. The van der Waals surface area contributed by atoms with Gasteiger partial charge in [-0.05, 0) is 0 Å². The molecule has 32 valence electrons. The molecule has 0 unspecified atom stereocenters. The van der Waals surface area contributed by atoms with Crippen molar-refractivity contribution in [3.63, 3.8) is 0 Å². The lowest BCUT2D eigenvalue weighted by molar-refractivity contribution is 1.96. The van der Waals surface area contributed by atoms with Crippen molar-refractivity contribution < 1.29 is 0 Å². The van der Waals surface area contributed by atoms with Crippen molar-refractivity contribution in [1.29, 1.82) is 0 Å². The second-order valence-electron chi connectivity index (χ2n) is 0.889. The first-order valence-electron chi connectivity index (χ1n) is 1.63. The van der Waals surface area contributed by atoms with Gasteiger partial charge in [-0.15, -0.1) is 0 Å². The average molecular weight is 124 g/mol. The Morgan fingerprint density at radius 2 is 1.80 bits per heavy atom. The summed E-state index contributed by atoms with van der Waals surface area (Å²) in [6.07, 6.45) is 0. The van der Waals surface area contributed by atoms with Crippen LogP contribution in [0.15, 0.2) is 0 Å². The number of thiol groups is 2. The minimum atomic E-state index is 0.0772. The van der Waals surface area contributed by atoms with Crippen LogP contribution in [0.25, 0.3) is 0 Å². The average Bonchev–Trinajstić information content (AvgIpc) is 1.38. The van der Waals surface area contributed by atoms with E-state index in [-0.39, 0.29) is 9.52 Å². The van der Waals surface area contributed by atoms with E-state index in [0.717, 1.165) is 0 Å². The van der Waals surface area contributed by atoms with E-state index in [1.807, 2.05) is 0 Å². The van der Waals surface area contributed by atoms with Gasteiger partial charge in [-0.1, -0.05) is 6.55 Å². The molecule has 0 saturated carbocycles. The van der Waals surface area contributed by atoms with E-state index >= 15 is 0 Å². The highest BCUT2D eigenvalue weighted by Gasteiger charge is 1.83. The molecule has 0 bridgehead atoms. The van der Waals surface area contributed by atoms with Crippen LogP contribution in [0, 0.1) is 0 Å². The fraction of sp³-hybridized carbons (Fsp3) is 1.00. The number of hydrogen-bond acceptors (Lipinski definition) is 2. The third-order valence-electron chi connectivity index (χ3n) is 0.365. The molecular weight excluding hydrogens is 116 g/mol. The molecule has 0 radical (unpaired) electrons. The largest absolute Gasteiger partial charge is 0.169 e. The Bertz CT molecular complexity index is 21.6. The van der Waals surface area contributed by atoms with E-state index < -0.39 is 0 Å². The molecule has 0 aromatic heterocycles. The Labute approximate surface area is 46.0 Å². The molecule has 3 heteroatoms. The summed E-state index contributed by atoms with van der Waals surface area (Å²) in [6, 6.07) is 0. The minimum absolute atomic E-state index is 0.0772. The molecular formula is C2H8S2Si. The lowest BCUT2D eigenvalue weighted by Gasteiger charge is -1.87. The van der Waals surface area contributed by atoms with Crippen LogP contribution < -0.4 is 0 Å². The maximum Gasteiger partial charge on any atom is 0.0445 e. The second-order valence-corrected chi connectivity index (χ2v) is 5.55. The highest BCUT2D eigenvalue weighted by atomic mass is 32.2. The number of rotatable bonds is 1. The van der Waals surface area contributed by atoms with Gasteiger partial charge in [0.25, 0.3) is 0 Å². The van der Waals surface area contributed by atoms with Gasteiger partial charge in [-0.2, -0.15) is 25.3 Å². The van der Waals surface area contributed by atoms with E-state index in [1.165, 1.54) is 0 Å². The molecule has 0 N–H and O–H groups in total. The topological polar surface area (TPSA) is 0 Å². The molecule has 0 fully saturated rings. The normalized spacial score (nSPS) is 12.0. The van der Waals surface area contributed by atoms with E-state index in [2.05, 4.69) is 31.8 Å². The third kappa shape index (κ3) is 4.92. The zero-order valence-corrected chi connectivity index (χ0v) is 6.38. The fourth-order valence-corrected chi connectivity index (χ4v) is 0. The SMILES string of the molecule is C[SiH2]C(S)S. The Morgan fingerprint density at radius 3 is 1.80 bits per heavy atom. The summed E-state index contributed by atoms with van der Waals surface area (Å²) in [5.41, 5.74) is 0. The third-order valence-corrected chi connectivity index (χ3v) is 3.29. The van der Waals surface area contributed by atoms with Gasteiger partial charge < -0.3 is 0 Å². The van der Waals surface area contributed by atoms with Crippen LogP contribution in [-0.4, -0.2) is 13.7 Å². The second kappa shape index (κ2) is 3.12. The predicted molar refractivity (Wildman–Crippen MR) is 36.2 cm³/mol. The van der Waals surface area contributed by atoms with Gasteiger partial charge in [0.2, 0.25) is 0 Å². The molecule has 0 spiro atoms. The molecule has 0 aliphatic heterocycles. The van der Waals surface area contributed by atoms with Gasteiger partial charge in [-0.25, -0.2) is 0 Å². The zero-order valence-electron chi connectivity index (χ0n) is 3.18. The molecule has 0 aromatic carbocycles. The molecule has 0 aliphatic rings. The van der Waals surface area contributed by atoms with Crippen molar-refractivity contribution in [2.45, 2.75) is 10.8 Å². The first-order chi connectivity index (χ1) is 2.27. The van der Waals surface area contributed by atoms with Gasteiger partial charge in [0, 0.05) is 13.7 Å². The first-order valence-corrected chi connectivity index (χ1v) is 4.90. The summed E-state index contributed by atoms with van der Waals surface area (Å²) >= 11 is 8.05. The van der Waals surface area contributed by atoms with Gasteiger partial charge >= 0.3 is 0 Å². The monoisotopic (exact) mass is 124 g/mol. The fourth-order valence-electron chi connectivity index (χ4n) is 0. The molecule has 0 aliphatic carbocycles. The predicted octanol–water partition coefficient (Wildman–Crippen LogP) is 0.346. The van der Waals surface area contributed by atoms with E-state index in [1.54, 1.807) is 0 Å². The van der Waals surface area contributed by atoms with Crippen LogP contribution in [0.4, 0.5) is 0 Å². The van der Waals surface area contributed by atoms with Crippen molar-refractivity contribution in [3.05, 3.63) is 0 Å². The Hall–Kier alpha value is 0.917. The maximum absolute atomic E-state index is 4.02. The van der Waals surface area contributed by atoms with Gasteiger partial charge in [-0.3, -0.25) is 0 Å². The van der Waals surface area contributed by atoms with Crippen molar-refractivity contribution in [2.75, 3.05) is 0 Å². The van der Waals surface area contributed by atoms with E-state index in [4.69, 9.17) is 0 Å². The van der Waals surface area contributed by atoms with Crippen LogP contribution in [0.1, 0.15) is 0 Å². The molecule has 0 nitrogen and oxygen atoms in total. The minimum Gasteiger partial charge on any atom is -0.169 e. The van der Waals surface area contributed by atoms with Crippen molar-refractivity contribution in [3.8, 4) is 0 Å². The van der Waals surface area contributed by atoms with E-state index in [0.29, 0.717) is 4.21 Å². The maximum atomic E-state index is 4.02. The van der Waals surface area contributed by atoms with Gasteiger partial charge in [0.05, 0.1) is 0 Å². The smallest absolute Gasteiger partial charge is 0.0445 e. The molecule has 5 heavy (non-hydrogen) atoms. The van der Waals surface area contributed by atoms with Crippen molar-refractivity contribution in [1.82, 2.24) is 0 Å². The Kier molecular flexibility index (Phi) is 3.69. The summed E-state index contributed by atoms with van der Waals surface area (Å²) < 4.78 is 0.412. The summed E-state index contributed by atoms with van der Waals surface area (Å²) in [5.74, 6) is 0. The van der Waals surface area contributed by atoms with Crippen LogP contribution in [0.5, 0.6) is 0 Å². The summed E-state index contributed by atoms with van der Waals surface area (Å²) in [7, 11) is 0.0772. The lowest BCUT2D eigenvalue weighted by Crippen LogP contribution is -1.92. The summed E-state index contributed by atoms with van der Waals surface area (Å²) in [4.78, 5) is 0. The molecule has 0 atom stereocenters. The molecule has 0 rings (SSSR count). The van der Waals surface area contributed by atoms with Crippen LogP contribution >= 0.6 is 25.3 Å². The molecule has 0 amide bonds. The van der Waals surface area contributed by atoms with Crippen LogP contribution in [-0.2, 0) is 0 Å². The Balaban J connectivity index is 2.54. The quantitative estimate of drug-likeness (QED) is 0.281. The lowest BCUT2D eigenvalue weighted by atomic mass is 11.8. The van der Waals surface area contributed by atoms with Crippen LogP contribution in [0.2, 0.25) is 6.55 Å². The highest BCUT2D eigenvalue weighted by Crippen LogP contribution is 1.93. The standard InChI is InChI=1S/C2H8S2Si/c1-5-2(3)4/h2-4H,5H2,1H3. The molecule has 0 heterocycles. The zero-order chi connectivity index (χ0) is 4.28. The van der Waals surface area contributed by atoms with Crippen molar-refractivity contribution in [2.24, 2.45) is 0 Å². The van der Waals surface area contributed by atoms with Crippen LogP contribution in [0.3, 0.4) is 0 Å². The number of hydrogen-bond donors (Lipinski definition) is 2. The summed E-state index contributed by atoms with van der Waals surface area (Å²) in [5, 5.41) is 0. The van der Waals surface area contributed by atoms with E-state index in [9.17, 15) is 0 Å².